The third kappa shape index (κ3) is 4.31. The highest BCUT2D eigenvalue weighted by Crippen LogP contribution is 2.31. The lowest BCUT2D eigenvalue weighted by atomic mass is 10.3. The minimum atomic E-state index is -0.491. The molecule has 3 aromatic rings. The molecule has 1 amide bonds. The first kappa shape index (κ1) is 17.7. The van der Waals surface area contributed by atoms with Crippen LogP contribution in [0.2, 0.25) is 10.0 Å². The molecule has 0 saturated carbocycles. The summed E-state index contributed by atoms with van der Waals surface area (Å²) >= 11 is 13.3. The molecule has 0 fully saturated rings. The zero-order chi connectivity index (χ0) is 17.8. The normalized spacial score (nSPS) is 12.0. The fourth-order valence-corrected chi connectivity index (χ4v) is 3.09. The van der Waals surface area contributed by atoms with E-state index in [9.17, 15) is 4.79 Å². The third-order valence-electron chi connectivity index (χ3n) is 3.17. The van der Waals surface area contributed by atoms with Crippen LogP contribution in [-0.2, 0) is 4.79 Å². The van der Waals surface area contributed by atoms with Gasteiger partial charge in [-0.25, -0.2) is 0 Å². The van der Waals surface area contributed by atoms with E-state index in [2.05, 4.69) is 20.5 Å². The van der Waals surface area contributed by atoms with Crippen LogP contribution < -0.4 is 5.32 Å². The van der Waals surface area contributed by atoms with E-state index in [0.717, 1.165) is 11.8 Å². The van der Waals surface area contributed by atoms with Gasteiger partial charge >= 0.3 is 0 Å². The lowest BCUT2D eigenvalue weighted by molar-refractivity contribution is -0.115. The monoisotopic (exact) mass is 394 g/mol. The van der Waals surface area contributed by atoms with Gasteiger partial charge in [0, 0.05) is 12.4 Å². The summed E-state index contributed by atoms with van der Waals surface area (Å²) in [5.41, 5.74) is 1.09. The predicted octanol–water partition coefficient (Wildman–Crippen LogP) is 4.56. The molecule has 0 aliphatic heterocycles. The van der Waals surface area contributed by atoms with Crippen LogP contribution in [0.4, 0.5) is 5.69 Å². The quantitative estimate of drug-likeness (QED) is 0.638. The highest BCUT2D eigenvalue weighted by atomic mass is 35.5. The number of para-hydroxylation sites is 1. The van der Waals surface area contributed by atoms with Crippen LogP contribution >= 0.6 is 35.0 Å². The lowest BCUT2D eigenvalue weighted by Gasteiger charge is -2.12. The van der Waals surface area contributed by atoms with Crippen LogP contribution in [0.1, 0.15) is 6.92 Å². The van der Waals surface area contributed by atoms with Crippen LogP contribution in [0.15, 0.2) is 52.4 Å². The number of carbonyl (C=O) groups excluding carboxylic acids is 1. The topological polar surface area (TPSA) is 80.9 Å². The Bertz CT molecular complexity index is 869. The molecule has 9 heteroatoms. The van der Waals surface area contributed by atoms with E-state index in [0.29, 0.717) is 27.2 Å². The van der Waals surface area contributed by atoms with Crippen molar-refractivity contribution in [3.05, 3.63) is 52.8 Å². The molecule has 0 aliphatic rings. The number of anilines is 1. The van der Waals surface area contributed by atoms with Crippen molar-refractivity contribution in [2.75, 3.05) is 5.32 Å². The van der Waals surface area contributed by atoms with E-state index in [1.54, 1.807) is 43.6 Å². The first-order valence-corrected chi connectivity index (χ1v) is 8.83. The molecule has 25 heavy (non-hydrogen) atoms. The van der Waals surface area contributed by atoms with Crippen LogP contribution in [0.3, 0.4) is 0 Å². The minimum Gasteiger partial charge on any atom is -0.411 e. The third-order valence-corrected chi connectivity index (χ3v) is 4.74. The molecular weight excluding hydrogens is 383 g/mol. The number of nitrogens with one attached hydrogen (secondary N) is 1. The Balaban J connectivity index is 1.67. The van der Waals surface area contributed by atoms with Crippen LogP contribution in [-0.4, -0.2) is 26.3 Å². The Morgan fingerprint density at radius 1 is 1.20 bits per heavy atom. The SMILES string of the molecule is C[C@H](Sc1nnc(-c2cccnc2)o1)C(=O)Nc1c(Cl)cccc1Cl. The minimum absolute atomic E-state index is 0.277. The predicted molar refractivity (Wildman–Crippen MR) is 97.9 cm³/mol. The van der Waals surface area contributed by atoms with Gasteiger partial charge < -0.3 is 9.73 Å². The van der Waals surface area contributed by atoms with Crippen LogP contribution in [0.5, 0.6) is 0 Å². The van der Waals surface area contributed by atoms with Crippen molar-refractivity contribution >= 4 is 46.6 Å². The molecule has 0 spiro atoms. The number of rotatable bonds is 5. The molecule has 0 unspecified atom stereocenters. The zero-order valence-electron chi connectivity index (χ0n) is 12.9. The van der Waals surface area contributed by atoms with Crippen LogP contribution in [0, 0.1) is 0 Å². The van der Waals surface area contributed by atoms with Gasteiger partial charge in [-0.15, -0.1) is 10.2 Å². The van der Waals surface area contributed by atoms with Gasteiger partial charge in [0.2, 0.25) is 11.8 Å². The maximum atomic E-state index is 12.3. The number of amides is 1. The number of aromatic nitrogens is 3. The number of nitrogens with zero attached hydrogens (tertiary/aromatic N) is 3. The van der Waals surface area contributed by atoms with Gasteiger partial charge in [0.1, 0.15) is 0 Å². The molecule has 1 atom stereocenters. The van der Waals surface area contributed by atoms with E-state index >= 15 is 0 Å². The maximum Gasteiger partial charge on any atom is 0.277 e. The van der Waals surface area contributed by atoms with E-state index in [4.69, 9.17) is 27.6 Å². The van der Waals surface area contributed by atoms with Crippen molar-refractivity contribution < 1.29 is 9.21 Å². The maximum absolute atomic E-state index is 12.3. The molecule has 0 bridgehead atoms. The van der Waals surface area contributed by atoms with Gasteiger partial charge in [-0.3, -0.25) is 9.78 Å². The summed E-state index contributed by atoms with van der Waals surface area (Å²) in [5.74, 6) is 0.0680. The Morgan fingerprint density at radius 2 is 1.96 bits per heavy atom. The highest BCUT2D eigenvalue weighted by Gasteiger charge is 2.20. The van der Waals surface area contributed by atoms with Crippen molar-refractivity contribution in [3.8, 4) is 11.5 Å². The first-order valence-electron chi connectivity index (χ1n) is 7.20. The standard InChI is InChI=1S/C16H12Cl2N4O2S/c1-9(14(23)20-13-11(17)5-2-6-12(13)18)25-16-22-21-15(24-16)10-4-3-7-19-8-10/h2-9H,1H3,(H,20,23)/t9-/m0/s1. The van der Waals surface area contributed by atoms with Gasteiger partial charge in [-0.05, 0) is 31.2 Å². The summed E-state index contributed by atoms with van der Waals surface area (Å²) in [4.78, 5) is 16.3. The number of hydrogen-bond donors (Lipinski definition) is 1. The summed E-state index contributed by atoms with van der Waals surface area (Å²) in [6.45, 7) is 1.72. The number of pyridine rings is 1. The summed E-state index contributed by atoms with van der Waals surface area (Å²) < 4.78 is 5.56. The van der Waals surface area contributed by atoms with Crippen molar-refractivity contribution in [1.82, 2.24) is 15.2 Å². The molecule has 0 radical (unpaired) electrons. The Morgan fingerprint density at radius 3 is 2.64 bits per heavy atom. The molecule has 128 valence electrons. The van der Waals surface area contributed by atoms with Crippen molar-refractivity contribution in [2.24, 2.45) is 0 Å². The Labute approximate surface area is 158 Å². The molecule has 0 aliphatic carbocycles. The van der Waals surface area contributed by atoms with Crippen LogP contribution in [0.25, 0.3) is 11.5 Å². The molecule has 6 nitrogen and oxygen atoms in total. The van der Waals surface area contributed by atoms with E-state index in [-0.39, 0.29) is 11.1 Å². The summed E-state index contributed by atoms with van der Waals surface area (Å²) in [7, 11) is 0. The molecule has 1 N–H and O–H groups in total. The number of carbonyl (C=O) groups is 1. The average Bonchev–Trinajstić information content (AvgIpc) is 3.07. The first-order chi connectivity index (χ1) is 12.0. The number of thioether (sulfide) groups is 1. The fraction of sp³-hybridized carbons (Fsp3) is 0.125. The average molecular weight is 395 g/mol. The van der Waals surface area contributed by atoms with Crippen molar-refractivity contribution in [1.29, 1.82) is 0 Å². The lowest BCUT2D eigenvalue weighted by Crippen LogP contribution is -2.22. The second-order valence-corrected chi connectivity index (χ2v) is 7.07. The molecular formula is C16H12Cl2N4O2S. The van der Waals surface area contributed by atoms with Crippen molar-refractivity contribution in [2.45, 2.75) is 17.4 Å². The van der Waals surface area contributed by atoms with Gasteiger partial charge in [-0.1, -0.05) is 41.0 Å². The van der Waals surface area contributed by atoms with E-state index in [1.807, 2.05) is 6.07 Å². The van der Waals surface area contributed by atoms with E-state index < -0.39 is 5.25 Å². The largest absolute Gasteiger partial charge is 0.411 e. The number of hydrogen-bond acceptors (Lipinski definition) is 6. The molecule has 1 aromatic carbocycles. The fourth-order valence-electron chi connectivity index (χ4n) is 1.91. The smallest absolute Gasteiger partial charge is 0.277 e. The van der Waals surface area contributed by atoms with Gasteiger partial charge in [0.25, 0.3) is 5.22 Å². The summed E-state index contributed by atoms with van der Waals surface area (Å²) in [6, 6.07) is 8.59. The molecule has 0 saturated heterocycles. The van der Waals surface area contributed by atoms with E-state index in [1.165, 1.54) is 0 Å². The summed E-state index contributed by atoms with van der Waals surface area (Å²) in [5, 5.41) is 11.1. The van der Waals surface area contributed by atoms with Gasteiger partial charge in [0.15, 0.2) is 0 Å². The molecule has 3 rings (SSSR count). The molecule has 2 aromatic heterocycles. The van der Waals surface area contributed by atoms with Gasteiger partial charge in [-0.2, -0.15) is 0 Å². The molecule has 2 heterocycles. The van der Waals surface area contributed by atoms with Gasteiger partial charge in [0.05, 0.1) is 26.5 Å². The number of benzene rings is 1. The zero-order valence-corrected chi connectivity index (χ0v) is 15.3. The Kier molecular flexibility index (Phi) is 5.57. The highest BCUT2D eigenvalue weighted by molar-refractivity contribution is 8.00. The van der Waals surface area contributed by atoms with Crippen molar-refractivity contribution in [3.63, 3.8) is 0 Å². The Hall–Kier alpha value is -2.09. The summed E-state index contributed by atoms with van der Waals surface area (Å²) in [6.07, 6.45) is 3.28. The second kappa shape index (κ2) is 7.86. The second-order valence-electron chi connectivity index (χ2n) is 4.96. The number of halogens is 2.